The Morgan fingerprint density at radius 1 is 1.10 bits per heavy atom. The third kappa shape index (κ3) is 3.09. The molecular formula is C15H11ClN4O. The summed E-state index contributed by atoms with van der Waals surface area (Å²) >= 11 is 5.88. The smallest absolute Gasteiger partial charge is 0.273 e. The first-order valence-corrected chi connectivity index (χ1v) is 6.64. The van der Waals surface area contributed by atoms with Gasteiger partial charge in [0.1, 0.15) is 11.4 Å². The molecule has 3 rings (SSSR count). The Morgan fingerprint density at radius 3 is 2.76 bits per heavy atom. The molecule has 0 saturated carbocycles. The van der Waals surface area contributed by atoms with Gasteiger partial charge in [-0.2, -0.15) is 5.10 Å². The molecule has 0 spiro atoms. The summed E-state index contributed by atoms with van der Waals surface area (Å²) < 4.78 is 0. The number of nitrogens with zero attached hydrogens (tertiary/aromatic N) is 2. The van der Waals surface area contributed by atoms with E-state index in [9.17, 15) is 4.79 Å². The molecule has 104 valence electrons. The topological polar surface area (TPSA) is 70.7 Å². The lowest BCUT2D eigenvalue weighted by Gasteiger charge is -2.03. The van der Waals surface area contributed by atoms with Gasteiger partial charge in [0.05, 0.1) is 5.69 Å². The van der Waals surface area contributed by atoms with Crippen molar-refractivity contribution in [2.24, 2.45) is 0 Å². The molecule has 0 aliphatic carbocycles. The van der Waals surface area contributed by atoms with Crippen LogP contribution in [0, 0.1) is 0 Å². The number of pyridine rings is 1. The lowest BCUT2D eigenvalue weighted by molar-refractivity contribution is 0.102. The van der Waals surface area contributed by atoms with Crippen LogP contribution in [0.15, 0.2) is 54.7 Å². The maximum Gasteiger partial charge on any atom is 0.273 e. The minimum atomic E-state index is -0.285. The van der Waals surface area contributed by atoms with Crippen molar-refractivity contribution in [3.05, 3.63) is 65.4 Å². The number of aromatic nitrogens is 3. The van der Waals surface area contributed by atoms with Crippen LogP contribution in [0.5, 0.6) is 0 Å². The standard InChI is InChI=1S/C15H11ClN4O/c16-10-4-3-5-11(8-10)18-15(21)14-9-13(19-20-14)12-6-1-2-7-17-12/h1-9H,(H,18,21)(H,19,20). The molecule has 2 N–H and O–H groups in total. The molecule has 0 unspecified atom stereocenters. The molecule has 0 aliphatic rings. The fourth-order valence-corrected chi connectivity index (χ4v) is 2.04. The van der Waals surface area contributed by atoms with Gasteiger partial charge in [-0.1, -0.05) is 23.7 Å². The molecule has 0 saturated heterocycles. The molecule has 0 bridgehead atoms. The van der Waals surface area contributed by atoms with Crippen molar-refractivity contribution in [3.8, 4) is 11.4 Å². The maximum absolute atomic E-state index is 12.1. The van der Waals surface area contributed by atoms with E-state index in [4.69, 9.17) is 11.6 Å². The SMILES string of the molecule is O=C(Nc1cccc(Cl)c1)c1cc(-c2ccccn2)n[nH]1. The Bertz CT molecular complexity index is 770. The van der Waals surface area contributed by atoms with Gasteiger partial charge < -0.3 is 5.32 Å². The van der Waals surface area contributed by atoms with Gasteiger partial charge in [0.25, 0.3) is 5.91 Å². The number of hydrogen-bond donors (Lipinski definition) is 2. The van der Waals surface area contributed by atoms with E-state index in [0.717, 1.165) is 0 Å². The van der Waals surface area contributed by atoms with E-state index in [1.807, 2.05) is 18.2 Å². The summed E-state index contributed by atoms with van der Waals surface area (Å²) in [6.07, 6.45) is 1.68. The van der Waals surface area contributed by atoms with Crippen molar-refractivity contribution in [3.63, 3.8) is 0 Å². The molecule has 0 aliphatic heterocycles. The van der Waals surface area contributed by atoms with E-state index >= 15 is 0 Å². The van der Waals surface area contributed by atoms with Crippen LogP contribution in [0.25, 0.3) is 11.4 Å². The maximum atomic E-state index is 12.1. The monoisotopic (exact) mass is 298 g/mol. The number of halogens is 1. The second-order valence-corrected chi connectivity index (χ2v) is 4.78. The van der Waals surface area contributed by atoms with Crippen molar-refractivity contribution in [1.29, 1.82) is 0 Å². The number of carbonyl (C=O) groups excluding carboxylic acids is 1. The molecule has 0 radical (unpaired) electrons. The number of H-pyrrole nitrogens is 1. The van der Waals surface area contributed by atoms with Crippen molar-refractivity contribution in [1.82, 2.24) is 15.2 Å². The van der Waals surface area contributed by atoms with Crippen LogP contribution in [0.3, 0.4) is 0 Å². The van der Waals surface area contributed by atoms with Gasteiger partial charge in [0.15, 0.2) is 0 Å². The van der Waals surface area contributed by atoms with Gasteiger partial charge in [-0.3, -0.25) is 14.9 Å². The average molecular weight is 299 g/mol. The highest BCUT2D eigenvalue weighted by Gasteiger charge is 2.11. The van der Waals surface area contributed by atoms with Crippen LogP contribution in [0.4, 0.5) is 5.69 Å². The zero-order valence-corrected chi connectivity index (χ0v) is 11.6. The highest BCUT2D eigenvalue weighted by atomic mass is 35.5. The van der Waals surface area contributed by atoms with Gasteiger partial charge in [-0.05, 0) is 36.4 Å². The van der Waals surface area contributed by atoms with E-state index in [1.54, 1.807) is 36.5 Å². The summed E-state index contributed by atoms with van der Waals surface area (Å²) in [6, 6.07) is 14.1. The van der Waals surface area contributed by atoms with E-state index in [-0.39, 0.29) is 5.91 Å². The fraction of sp³-hybridized carbons (Fsp3) is 0. The first kappa shape index (κ1) is 13.3. The molecule has 0 fully saturated rings. The summed E-state index contributed by atoms with van der Waals surface area (Å²) in [4.78, 5) is 16.3. The molecule has 6 heteroatoms. The number of aromatic amines is 1. The Morgan fingerprint density at radius 2 is 2.00 bits per heavy atom. The van der Waals surface area contributed by atoms with Gasteiger partial charge in [0, 0.05) is 16.9 Å². The van der Waals surface area contributed by atoms with Gasteiger partial charge in [-0.15, -0.1) is 0 Å². The number of amides is 1. The Hall–Kier alpha value is -2.66. The van der Waals surface area contributed by atoms with E-state index in [0.29, 0.717) is 27.8 Å². The van der Waals surface area contributed by atoms with Gasteiger partial charge in [-0.25, -0.2) is 0 Å². The van der Waals surface area contributed by atoms with Crippen LogP contribution in [-0.4, -0.2) is 21.1 Å². The Balaban J connectivity index is 1.78. The minimum absolute atomic E-state index is 0.285. The molecule has 2 aromatic heterocycles. The minimum Gasteiger partial charge on any atom is -0.321 e. The highest BCUT2D eigenvalue weighted by molar-refractivity contribution is 6.30. The zero-order valence-electron chi connectivity index (χ0n) is 10.9. The molecule has 1 aromatic carbocycles. The second-order valence-electron chi connectivity index (χ2n) is 4.35. The highest BCUT2D eigenvalue weighted by Crippen LogP contribution is 2.17. The fourth-order valence-electron chi connectivity index (χ4n) is 1.85. The molecule has 3 aromatic rings. The van der Waals surface area contributed by atoms with E-state index in [2.05, 4.69) is 20.5 Å². The normalized spacial score (nSPS) is 10.3. The second kappa shape index (κ2) is 5.76. The van der Waals surface area contributed by atoms with Crippen LogP contribution in [0.2, 0.25) is 5.02 Å². The quantitative estimate of drug-likeness (QED) is 0.778. The number of hydrogen-bond acceptors (Lipinski definition) is 3. The molecule has 5 nitrogen and oxygen atoms in total. The lowest BCUT2D eigenvalue weighted by atomic mass is 10.2. The molecule has 0 atom stereocenters. The van der Waals surface area contributed by atoms with E-state index < -0.39 is 0 Å². The van der Waals surface area contributed by atoms with Crippen molar-refractivity contribution < 1.29 is 4.79 Å². The Kier molecular flexibility index (Phi) is 3.66. The summed E-state index contributed by atoms with van der Waals surface area (Å²) in [5, 5.41) is 10.1. The average Bonchev–Trinajstić information content (AvgIpc) is 2.98. The van der Waals surface area contributed by atoms with Crippen LogP contribution in [0.1, 0.15) is 10.5 Å². The van der Waals surface area contributed by atoms with Gasteiger partial charge in [0.2, 0.25) is 0 Å². The predicted octanol–water partition coefficient (Wildman–Crippen LogP) is 3.38. The number of rotatable bonds is 3. The Labute approximate surface area is 126 Å². The molecular weight excluding hydrogens is 288 g/mol. The molecule has 2 heterocycles. The zero-order chi connectivity index (χ0) is 14.7. The van der Waals surface area contributed by atoms with E-state index in [1.165, 1.54) is 0 Å². The van der Waals surface area contributed by atoms with Crippen LogP contribution < -0.4 is 5.32 Å². The third-order valence-corrected chi connectivity index (χ3v) is 3.07. The lowest BCUT2D eigenvalue weighted by Crippen LogP contribution is -2.12. The number of carbonyl (C=O) groups is 1. The van der Waals surface area contributed by atoms with Crippen LogP contribution >= 0.6 is 11.6 Å². The number of benzene rings is 1. The first-order valence-electron chi connectivity index (χ1n) is 6.26. The predicted molar refractivity (Wildman–Crippen MR) is 81.2 cm³/mol. The van der Waals surface area contributed by atoms with Crippen molar-refractivity contribution >= 4 is 23.2 Å². The summed E-state index contributed by atoms with van der Waals surface area (Å²) in [7, 11) is 0. The van der Waals surface area contributed by atoms with Crippen molar-refractivity contribution in [2.45, 2.75) is 0 Å². The molecule has 21 heavy (non-hydrogen) atoms. The summed E-state index contributed by atoms with van der Waals surface area (Å²) in [5.41, 5.74) is 2.31. The van der Waals surface area contributed by atoms with Crippen molar-refractivity contribution in [2.75, 3.05) is 5.32 Å². The first-order chi connectivity index (χ1) is 10.2. The number of anilines is 1. The number of nitrogens with one attached hydrogen (secondary N) is 2. The summed E-state index contributed by atoms with van der Waals surface area (Å²) in [5.74, 6) is -0.285. The largest absolute Gasteiger partial charge is 0.321 e. The van der Waals surface area contributed by atoms with Gasteiger partial charge >= 0.3 is 0 Å². The molecule has 1 amide bonds. The van der Waals surface area contributed by atoms with Crippen LogP contribution in [-0.2, 0) is 0 Å². The third-order valence-electron chi connectivity index (χ3n) is 2.83. The summed E-state index contributed by atoms with van der Waals surface area (Å²) in [6.45, 7) is 0.